The van der Waals surface area contributed by atoms with E-state index in [0.717, 1.165) is 12.8 Å². The lowest BCUT2D eigenvalue weighted by molar-refractivity contribution is 0.145. The van der Waals surface area contributed by atoms with Crippen molar-refractivity contribution in [3.63, 3.8) is 0 Å². The van der Waals surface area contributed by atoms with Crippen LogP contribution in [0.25, 0.3) is 0 Å². The number of hydrogen-bond acceptors (Lipinski definition) is 3. The molecule has 90 valence electrons. The highest BCUT2D eigenvalue weighted by Gasteiger charge is 2.44. The molecule has 0 atom stereocenters. The second-order valence-corrected chi connectivity index (χ2v) is 6.36. The van der Waals surface area contributed by atoms with Gasteiger partial charge in [-0.1, -0.05) is 13.3 Å². The van der Waals surface area contributed by atoms with E-state index in [0.29, 0.717) is 13.1 Å². The Morgan fingerprint density at radius 2 is 2.00 bits per heavy atom. The number of nitrogens with one attached hydrogen (secondary N) is 1. The minimum Gasteiger partial charge on any atom is -0.323 e. The lowest BCUT2D eigenvalue weighted by Crippen LogP contribution is -2.70. The van der Waals surface area contributed by atoms with Crippen molar-refractivity contribution in [3.05, 3.63) is 0 Å². The maximum absolute atomic E-state index is 11.7. The first-order valence-corrected chi connectivity index (χ1v) is 6.79. The van der Waals surface area contributed by atoms with Crippen molar-refractivity contribution in [1.82, 2.24) is 9.03 Å². The molecule has 6 heteroatoms. The quantitative estimate of drug-likeness (QED) is 0.706. The maximum atomic E-state index is 11.7. The van der Waals surface area contributed by atoms with Gasteiger partial charge in [0.25, 0.3) is 10.2 Å². The van der Waals surface area contributed by atoms with Gasteiger partial charge in [-0.3, -0.25) is 0 Å². The van der Waals surface area contributed by atoms with Gasteiger partial charge in [0.15, 0.2) is 0 Å². The molecule has 0 spiro atoms. The molecule has 1 aliphatic heterocycles. The summed E-state index contributed by atoms with van der Waals surface area (Å²) in [6.07, 6.45) is 1.86. The Balaban J connectivity index is 2.51. The summed E-state index contributed by atoms with van der Waals surface area (Å²) in [5.41, 5.74) is 5.69. The number of nitrogens with zero attached hydrogens (tertiary/aromatic N) is 1. The molecule has 0 aromatic rings. The smallest absolute Gasteiger partial charge is 0.279 e. The normalized spacial score (nSPS) is 21.7. The van der Waals surface area contributed by atoms with Crippen LogP contribution in [0.3, 0.4) is 0 Å². The van der Waals surface area contributed by atoms with Crippen LogP contribution < -0.4 is 10.5 Å². The van der Waals surface area contributed by atoms with E-state index in [4.69, 9.17) is 5.73 Å². The molecule has 0 unspecified atom stereocenters. The molecule has 1 heterocycles. The summed E-state index contributed by atoms with van der Waals surface area (Å²) < 4.78 is 27.3. The Hall–Kier alpha value is -0.170. The molecule has 1 rings (SSSR count). The third-order valence-corrected chi connectivity index (χ3v) is 4.16. The van der Waals surface area contributed by atoms with Crippen LogP contribution >= 0.6 is 0 Å². The first kappa shape index (κ1) is 12.9. The summed E-state index contributed by atoms with van der Waals surface area (Å²) in [6, 6.07) is -0.0750. The number of nitrogens with two attached hydrogens (primary N) is 1. The van der Waals surface area contributed by atoms with Crippen LogP contribution in [-0.4, -0.2) is 37.4 Å². The maximum Gasteiger partial charge on any atom is 0.279 e. The van der Waals surface area contributed by atoms with Crippen molar-refractivity contribution in [3.8, 4) is 0 Å². The van der Waals surface area contributed by atoms with Gasteiger partial charge in [0, 0.05) is 24.7 Å². The van der Waals surface area contributed by atoms with Crippen LogP contribution in [0.1, 0.15) is 33.6 Å². The number of hydrogen-bond donors (Lipinski definition) is 2. The summed E-state index contributed by atoms with van der Waals surface area (Å²) in [7, 11) is -3.31. The molecule has 1 fully saturated rings. The lowest BCUT2D eigenvalue weighted by Gasteiger charge is -2.46. The van der Waals surface area contributed by atoms with E-state index in [2.05, 4.69) is 11.6 Å². The van der Waals surface area contributed by atoms with Crippen molar-refractivity contribution < 1.29 is 8.42 Å². The van der Waals surface area contributed by atoms with E-state index in [1.807, 2.05) is 0 Å². The van der Waals surface area contributed by atoms with Crippen molar-refractivity contribution in [1.29, 1.82) is 0 Å². The highest BCUT2D eigenvalue weighted by Crippen LogP contribution is 2.25. The molecule has 0 amide bonds. The molecule has 0 saturated carbocycles. The second kappa shape index (κ2) is 4.37. The molecule has 0 aromatic carbocycles. The van der Waals surface area contributed by atoms with Gasteiger partial charge in [-0.25, -0.2) is 0 Å². The van der Waals surface area contributed by atoms with E-state index in [1.165, 1.54) is 4.31 Å². The number of rotatable bonds is 5. The minimum atomic E-state index is -3.31. The average molecular weight is 235 g/mol. The highest BCUT2D eigenvalue weighted by atomic mass is 32.2. The van der Waals surface area contributed by atoms with Crippen molar-refractivity contribution in [2.75, 3.05) is 13.1 Å². The van der Waals surface area contributed by atoms with E-state index in [-0.39, 0.29) is 11.6 Å². The van der Waals surface area contributed by atoms with Crippen molar-refractivity contribution in [2.24, 2.45) is 5.73 Å². The predicted molar refractivity (Wildman–Crippen MR) is 60.6 cm³/mol. The lowest BCUT2D eigenvalue weighted by atomic mass is 9.89. The zero-order valence-corrected chi connectivity index (χ0v) is 10.5. The molecule has 5 nitrogen and oxygen atoms in total. The van der Waals surface area contributed by atoms with Gasteiger partial charge in [-0.05, 0) is 20.3 Å². The van der Waals surface area contributed by atoms with Gasteiger partial charge in [-0.2, -0.15) is 17.4 Å². The molecular weight excluding hydrogens is 214 g/mol. The molecule has 0 aromatic heterocycles. The van der Waals surface area contributed by atoms with Crippen molar-refractivity contribution in [2.45, 2.75) is 45.2 Å². The largest absolute Gasteiger partial charge is 0.323 e. The van der Waals surface area contributed by atoms with Gasteiger partial charge < -0.3 is 5.73 Å². The van der Waals surface area contributed by atoms with Gasteiger partial charge in [0.1, 0.15) is 0 Å². The first-order chi connectivity index (χ1) is 6.79. The Morgan fingerprint density at radius 3 is 2.40 bits per heavy atom. The highest BCUT2D eigenvalue weighted by molar-refractivity contribution is 7.87. The summed E-state index contributed by atoms with van der Waals surface area (Å²) in [6.45, 7) is 6.53. The van der Waals surface area contributed by atoms with Crippen LogP contribution in [0.5, 0.6) is 0 Å². The fraction of sp³-hybridized carbons (Fsp3) is 1.00. The average Bonchev–Trinajstić information content (AvgIpc) is 1.97. The van der Waals surface area contributed by atoms with Crippen LogP contribution in [0.15, 0.2) is 0 Å². The Labute approximate surface area is 92.2 Å². The minimum absolute atomic E-state index is 0.0750. The molecule has 3 N–H and O–H groups in total. The Kier molecular flexibility index (Phi) is 3.76. The third kappa shape index (κ3) is 3.14. The summed E-state index contributed by atoms with van der Waals surface area (Å²) >= 11 is 0. The SMILES string of the molecule is CCCC1(N)CN(S(=O)(=O)NC(C)C)C1. The van der Waals surface area contributed by atoms with Gasteiger partial charge >= 0.3 is 0 Å². The fourth-order valence-electron chi connectivity index (χ4n) is 1.85. The monoisotopic (exact) mass is 235 g/mol. The molecule has 1 saturated heterocycles. The first-order valence-electron chi connectivity index (χ1n) is 5.35. The Morgan fingerprint density at radius 1 is 1.47 bits per heavy atom. The summed E-state index contributed by atoms with van der Waals surface area (Å²) in [5.74, 6) is 0. The fourth-order valence-corrected chi connectivity index (χ4v) is 3.45. The van der Waals surface area contributed by atoms with Crippen LogP contribution in [0, 0.1) is 0 Å². The molecule has 0 aliphatic carbocycles. The van der Waals surface area contributed by atoms with E-state index in [9.17, 15) is 8.42 Å². The van der Waals surface area contributed by atoms with E-state index < -0.39 is 10.2 Å². The Bertz CT molecular complexity index is 307. The zero-order chi connectivity index (χ0) is 11.7. The van der Waals surface area contributed by atoms with Crippen LogP contribution in [-0.2, 0) is 10.2 Å². The molecule has 0 radical (unpaired) electrons. The molecule has 15 heavy (non-hydrogen) atoms. The van der Waals surface area contributed by atoms with Crippen molar-refractivity contribution >= 4 is 10.2 Å². The van der Waals surface area contributed by atoms with Gasteiger partial charge in [0.05, 0.1) is 0 Å². The molecular formula is C9H21N3O2S. The van der Waals surface area contributed by atoms with Crippen LogP contribution in [0.2, 0.25) is 0 Å². The van der Waals surface area contributed by atoms with E-state index in [1.54, 1.807) is 13.8 Å². The summed E-state index contributed by atoms with van der Waals surface area (Å²) in [5, 5.41) is 0. The van der Waals surface area contributed by atoms with Crippen LogP contribution in [0.4, 0.5) is 0 Å². The molecule has 0 bridgehead atoms. The summed E-state index contributed by atoms with van der Waals surface area (Å²) in [4.78, 5) is 0. The predicted octanol–water partition coefficient (Wildman–Crippen LogP) is 0.0424. The zero-order valence-electron chi connectivity index (χ0n) is 9.66. The third-order valence-electron chi connectivity index (χ3n) is 2.45. The second-order valence-electron chi connectivity index (χ2n) is 4.66. The van der Waals surface area contributed by atoms with E-state index >= 15 is 0 Å². The molecule has 1 aliphatic rings. The topological polar surface area (TPSA) is 75.4 Å². The van der Waals surface area contributed by atoms with Gasteiger partial charge in [0.2, 0.25) is 0 Å². The standard InChI is InChI=1S/C9H21N3O2S/c1-4-5-9(10)6-12(7-9)15(13,14)11-8(2)3/h8,11H,4-7,10H2,1-3H3. The van der Waals surface area contributed by atoms with Gasteiger partial charge in [-0.15, -0.1) is 0 Å².